The molecule has 0 bridgehead atoms. The van der Waals surface area contributed by atoms with Crippen molar-refractivity contribution in [1.82, 2.24) is 0 Å². The SMILES string of the molecule is Nc1ccc(N=Nc2ccc(N=Nc3ccc(N=Nc4ccc(O)cc4O)c4cc(S(=O)(=O)[O-])ccc34)c3cc(S(=O)(=O)[O-])ccc23)cc1.[Na+].[Na+]. The van der Waals surface area contributed by atoms with Gasteiger partial charge in [-0.25, -0.2) is 16.8 Å². The average Bonchev–Trinajstić information content (AvgIpc) is 3.06. The van der Waals surface area contributed by atoms with Crippen LogP contribution in [0.15, 0.2) is 144 Å². The third kappa shape index (κ3) is 9.21. The van der Waals surface area contributed by atoms with Gasteiger partial charge >= 0.3 is 59.1 Å². The Morgan fingerprint density at radius 1 is 0.471 bits per heavy atom. The monoisotopic (exact) mass is 741 g/mol. The molecule has 0 aliphatic rings. The van der Waals surface area contributed by atoms with Crippen molar-refractivity contribution in [3.05, 3.63) is 103 Å². The van der Waals surface area contributed by atoms with Gasteiger partial charge in [0.1, 0.15) is 37.4 Å². The average molecular weight is 742 g/mol. The van der Waals surface area contributed by atoms with Crippen LogP contribution in [0.3, 0.4) is 0 Å². The molecule has 0 spiro atoms. The van der Waals surface area contributed by atoms with E-state index in [2.05, 4.69) is 30.7 Å². The van der Waals surface area contributed by atoms with Gasteiger partial charge in [0.25, 0.3) is 0 Å². The normalized spacial score (nSPS) is 12.1. The molecule has 15 nitrogen and oxygen atoms in total. The van der Waals surface area contributed by atoms with Crippen molar-refractivity contribution in [2.24, 2.45) is 30.7 Å². The van der Waals surface area contributed by atoms with E-state index >= 15 is 0 Å². The summed E-state index contributed by atoms with van der Waals surface area (Å²) in [7, 11) is -9.71. The van der Waals surface area contributed by atoms with Crippen molar-refractivity contribution < 1.29 is 95.3 Å². The Kier molecular flexibility index (Phi) is 12.5. The van der Waals surface area contributed by atoms with Gasteiger partial charge < -0.3 is 25.1 Å². The molecular formula is C32H21N7Na2O8S2. The van der Waals surface area contributed by atoms with E-state index < -0.39 is 30.0 Å². The zero-order valence-electron chi connectivity index (χ0n) is 26.7. The quantitative estimate of drug-likeness (QED) is 0.0892. The number of phenols is 2. The number of benzene rings is 6. The Labute approximate surface area is 334 Å². The Morgan fingerprint density at radius 2 is 0.863 bits per heavy atom. The van der Waals surface area contributed by atoms with Crippen LogP contribution < -0.4 is 64.8 Å². The summed E-state index contributed by atoms with van der Waals surface area (Å²) in [5.74, 6) is -0.558. The third-order valence-corrected chi connectivity index (χ3v) is 8.78. The molecule has 0 aliphatic heterocycles. The number of nitrogens with two attached hydrogens (primary N) is 1. The fourth-order valence-electron chi connectivity index (χ4n) is 4.72. The minimum absolute atomic E-state index is 0. The van der Waals surface area contributed by atoms with Crippen molar-refractivity contribution in [3.8, 4) is 11.5 Å². The number of nitrogen functional groups attached to an aromatic ring is 1. The van der Waals surface area contributed by atoms with Crippen LogP contribution in [0, 0.1) is 0 Å². The second-order valence-corrected chi connectivity index (χ2v) is 13.2. The van der Waals surface area contributed by atoms with E-state index in [1.807, 2.05) is 0 Å². The molecule has 4 N–H and O–H groups in total. The summed E-state index contributed by atoms with van der Waals surface area (Å²) >= 11 is 0. The molecule has 0 unspecified atom stereocenters. The van der Waals surface area contributed by atoms with E-state index in [4.69, 9.17) is 5.73 Å². The van der Waals surface area contributed by atoms with Crippen LogP contribution in [-0.2, 0) is 20.2 Å². The van der Waals surface area contributed by atoms with Crippen LogP contribution in [0.25, 0.3) is 21.5 Å². The number of hydrogen-bond acceptors (Lipinski definition) is 15. The number of phenolic OH excluding ortho intramolecular Hbond substituents is 2. The maximum atomic E-state index is 11.9. The van der Waals surface area contributed by atoms with Crippen molar-refractivity contribution in [2.75, 3.05) is 5.73 Å². The molecule has 246 valence electrons. The first-order valence-corrected chi connectivity index (χ1v) is 16.8. The molecule has 51 heavy (non-hydrogen) atoms. The predicted molar refractivity (Wildman–Crippen MR) is 177 cm³/mol. The topological polar surface area (TPSA) is 255 Å². The molecule has 6 rings (SSSR count). The number of fused-ring (bicyclic) bond motifs is 2. The van der Waals surface area contributed by atoms with Gasteiger partial charge in [-0.1, -0.05) is 12.1 Å². The van der Waals surface area contributed by atoms with Crippen LogP contribution >= 0.6 is 0 Å². The van der Waals surface area contributed by atoms with Crippen LogP contribution in [-0.4, -0.2) is 36.2 Å². The zero-order valence-corrected chi connectivity index (χ0v) is 32.4. The predicted octanol–water partition coefficient (Wildman–Crippen LogP) is 2.05. The van der Waals surface area contributed by atoms with Crippen molar-refractivity contribution in [3.63, 3.8) is 0 Å². The van der Waals surface area contributed by atoms with E-state index in [1.165, 1.54) is 42.5 Å². The summed E-state index contributed by atoms with van der Waals surface area (Å²) in [4.78, 5) is -1.05. The van der Waals surface area contributed by atoms with Gasteiger partial charge in [-0.2, -0.15) is 5.11 Å². The molecule has 0 aliphatic carbocycles. The summed E-state index contributed by atoms with van der Waals surface area (Å²) in [5.41, 5.74) is 7.59. The number of azo groups is 3. The molecule has 19 heteroatoms. The first-order valence-electron chi connectivity index (χ1n) is 13.9. The van der Waals surface area contributed by atoms with E-state index in [0.717, 1.165) is 30.3 Å². The van der Waals surface area contributed by atoms with Crippen LogP contribution in [0.1, 0.15) is 0 Å². The molecule has 6 aromatic carbocycles. The van der Waals surface area contributed by atoms with Crippen molar-refractivity contribution in [2.45, 2.75) is 9.79 Å². The zero-order chi connectivity index (χ0) is 34.9. The van der Waals surface area contributed by atoms with Gasteiger partial charge in [-0.3, -0.25) is 0 Å². The first-order chi connectivity index (χ1) is 23.3. The maximum Gasteiger partial charge on any atom is 1.00 e. The van der Waals surface area contributed by atoms with Gasteiger partial charge in [0.05, 0.1) is 38.2 Å². The first kappa shape index (κ1) is 39.6. The smallest absolute Gasteiger partial charge is 0.744 e. The number of aromatic hydroxyl groups is 2. The molecule has 0 saturated carbocycles. The minimum atomic E-state index is -4.87. The number of anilines is 1. The van der Waals surface area contributed by atoms with E-state index in [-0.39, 0.29) is 104 Å². The Balaban J connectivity index is 0.00000292. The van der Waals surface area contributed by atoms with E-state index in [1.54, 1.807) is 30.3 Å². The second-order valence-electron chi connectivity index (χ2n) is 10.4. The van der Waals surface area contributed by atoms with Crippen molar-refractivity contribution >= 4 is 81.6 Å². The molecule has 6 aromatic rings. The third-order valence-electron chi connectivity index (χ3n) is 7.12. The molecule has 0 atom stereocenters. The Morgan fingerprint density at radius 3 is 1.29 bits per heavy atom. The molecule has 0 saturated heterocycles. The fraction of sp³-hybridized carbons (Fsp3) is 0. The van der Waals surface area contributed by atoms with E-state index in [0.29, 0.717) is 27.8 Å². The summed E-state index contributed by atoms with van der Waals surface area (Å²) in [6.45, 7) is 0. The van der Waals surface area contributed by atoms with Gasteiger partial charge in [0.15, 0.2) is 0 Å². The molecule has 0 amide bonds. The van der Waals surface area contributed by atoms with E-state index in [9.17, 15) is 36.2 Å². The Bertz CT molecular complexity index is 2600. The molecule has 0 radical (unpaired) electrons. The second kappa shape index (κ2) is 16.0. The summed E-state index contributed by atoms with van der Waals surface area (Å²) < 4.78 is 71.1. The van der Waals surface area contributed by atoms with Crippen molar-refractivity contribution in [1.29, 1.82) is 0 Å². The van der Waals surface area contributed by atoms with Gasteiger partial charge in [0.2, 0.25) is 0 Å². The number of hydrogen-bond donors (Lipinski definition) is 3. The molecular weight excluding hydrogens is 721 g/mol. The number of rotatable bonds is 8. The Hall–Kier alpha value is -4.14. The molecule has 0 aromatic heterocycles. The van der Waals surface area contributed by atoms with Crippen LogP contribution in [0.5, 0.6) is 11.5 Å². The summed E-state index contributed by atoms with van der Waals surface area (Å²) in [6, 6.07) is 23.5. The molecule has 0 fully saturated rings. The van der Waals surface area contributed by atoms with Gasteiger partial charge in [-0.15, -0.1) is 25.6 Å². The van der Waals surface area contributed by atoms with Crippen LogP contribution in [0.2, 0.25) is 0 Å². The maximum absolute atomic E-state index is 11.9. The van der Waals surface area contributed by atoms with Gasteiger partial charge in [0, 0.05) is 33.3 Å². The van der Waals surface area contributed by atoms with Crippen LogP contribution in [0.4, 0.5) is 39.8 Å². The summed E-state index contributed by atoms with van der Waals surface area (Å²) in [5, 5.41) is 45.9. The standard InChI is InChI=1S/C32H23N7O8S2.2Na/c33-18-1-3-19(4-2-18)34-35-27-11-13-29(25-16-21(48(42,43)44)6-8-23(25)27)37-36-28-12-14-30(38-39-31-10-5-20(40)15-32(31)41)26-17-22(49(45,46)47)7-9-24(26)28;;/h1-17,40-41H,33H2,(H,42,43,44)(H,45,46,47);;/q;2*+1/p-2. The number of nitrogens with zero attached hydrogens (tertiary/aromatic N) is 6. The van der Waals surface area contributed by atoms with Gasteiger partial charge in [-0.05, 0) is 84.9 Å². The minimum Gasteiger partial charge on any atom is -0.744 e. The molecule has 0 heterocycles. The fourth-order valence-corrected chi connectivity index (χ4v) is 5.71. The largest absolute Gasteiger partial charge is 1.00 e. The summed E-state index contributed by atoms with van der Waals surface area (Å²) in [6.07, 6.45) is 0.